The van der Waals surface area contributed by atoms with Crippen LogP contribution in [0.2, 0.25) is 0 Å². The maximum Gasteiger partial charge on any atom is 0.105 e. The zero-order valence-corrected chi connectivity index (χ0v) is 13.4. The van der Waals surface area contributed by atoms with Crippen molar-refractivity contribution in [3.63, 3.8) is 0 Å². The fourth-order valence-electron chi connectivity index (χ4n) is 2.76. The van der Waals surface area contributed by atoms with Gasteiger partial charge in [-0.25, -0.2) is 0 Å². The van der Waals surface area contributed by atoms with Crippen molar-refractivity contribution in [2.75, 3.05) is 5.32 Å². The molecule has 0 radical (unpaired) electrons. The smallest absolute Gasteiger partial charge is 0.105 e. The molecule has 1 aliphatic rings. The van der Waals surface area contributed by atoms with Gasteiger partial charge in [0.2, 0.25) is 0 Å². The van der Waals surface area contributed by atoms with E-state index in [1.807, 2.05) is 12.3 Å². The van der Waals surface area contributed by atoms with Crippen molar-refractivity contribution in [3.05, 3.63) is 42.1 Å². The van der Waals surface area contributed by atoms with Crippen molar-refractivity contribution in [1.29, 1.82) is 0 Å². The van der Waals surface area contributed by atoms with Gasteiger partial charge in [-0.15, -0.1) is 0 Å². The van der Waals surface area contributed by atoms with Gasteiger partial charge in [-0.3, -0.25) is 4.98 Å². The van der Waals surface area contributed by atoms with Crippen molar-refractivity contribution in [3.8, 4) is 0 Å². The number of fused-ring (bicyclic) bond motifs is 3. The van der Waals surface area contributed by atoms with E-state index in [0.29, 0.717) is 0 Å². The minimum atomic E-state index is -0.450. The first-order valence-electron chi connectivity index (χ1n) is 7.36. The Hall–Kier alpha value is -1.35. The molecule has 21 heavy (non-hydrogen) atoms. The summed E-state index contributed by atoms with van der Waals surface area (Å²) in [5, 5.41) is 4.65. The van der Waals surface area contributed by atoms with E-state index in [4.69, 9.17) is 5.73 Å². The van der Waals surface area contributed by atoms with Gasteiger partial charge in [-0.1, -0.05) is 44.0 Å². The van der Waals surface area contributed by atoms with Crippen molar-refractivity contribution in [1.82, 2.24) is 4.98 Å². The predicted molar refractivity (Wildman–Crippen MR) is 85.5 cm³/mol. The summed E-state index contributed by atoms with van der Waals surface area (Å²) < 4.78 is 0. The number of nitrogens with two attached hydrogens (primary N) is 1. The zero-order chi connectivity index (χ0) is 14.0. The molecule has 112 valence electrons. The first kappa shape index (κ1) is 16.0. The van der Waals surface area contributed by atoms with Crippen LogP contribution in [0, 0.1) is 0 Å². The molecule has 4 heteroatoms. The van der Waals surface area contributed by atoms with Gasteiger partial charge in [-0.05, 0) is 30.5 Å². The van der Waals surface area contributed by atoms with Crippen molar-refractivity contribution in [2.24, 2.45) is 5.73 Å². The summed E-state index contributed by atoms with van der Waals surface area (Å²) in [5.41, 5.74) is 9.25. The SMILES string of the molecule is CCCCCC1(N)C=Cc2ccc3cccnc3c2N1.[Fe]. The number of unbranched alkanes of at least 4 members (excludes halogenated alkanes) is 2. The molecule has 1 aliphatic heterocycles. The second kappa shape index (κ2) is 6.61. The molecule has 3 rings (SSSR count). The van der Waals surface area contributed by atoms with E-state index in [1.165, 1.54) is 12.8 Å². The van der Waals surface area contributed by atoms with Gasteiger partial charge in [0, 0.05) is 28.7 Å². The second-order valence-corrected chi connectivity index (χ2v) is 5.56. The average Bonchev–Trinajstić information content (AvgIpc) is 2.47. The normalized spacial score (nSPS) is 19.7. The number of anilines is 1. The Bertz CT molecular complexity index is 654. The van der Waals surface area contributed by atoms with Gasteiger partial charge < -0.3 is 11.1 Å². The number of pyridine rings is 1. The van der Waals surface area contributed by atoms with Crippen LogP contribution in [0.5, 0.6) is 0 Å². The molecule has 0 amide bonds. The molecule has 0 bridgehead atoms. The Morgan fingerprint density at radius 3 is 2.90 bits per heavy atom. The number of benzene rings is 1. The third kappa shape index (κ3) is 3.29. The summed E-state index contributed by atoms with van der Waals surface area (Å²) in [7, 11) is 0. The van der Waals surface area contributed by atoms with Crippen LogP contribution in [-0.2, 0) is 17.1 Å². The van der Waals surface area contributed by atoms with Gasteiger partial charge >= 0.3 is 0 Å². The molecule has 1 aromatic heterocycles. The number of aromatic nitrogens is 1. The van der Waals surface area contributed by atoms with Crippen LogP contribution < -0.4 is 11.1 Å². The fraction of sp³-hybridized carbons (Fsp3) is 0.353. The molecule has 0 spiro atoms. The number of hydrogen-bond acceptors (Lipinski definition) is 3. The average molecular weight is 323 g/mol. The molecule has 1 aromatic carbocycles. The molecule has 3 nitrogen and oxygen atoms in total. The van der Waals surface area contributed by atoms with Gasteiger partial charge in [-0.2, -0.15) is 0 Å². The maximum atomic E-state index is 6.48. The van der Waals surface area contributed by atoms with Gasteiger partial charge in [0.25, 0.3) is 0 Å². The standard InChI is InChI=1S/C17H21N3.Fe/c1-2-3-4-10-17(18)11-9-14-8-7-13-6-5-12-19-15(13)16(14)20-17;/h5-9,11-12,20H,2-4,10,18H2,1H3;. The molecule has 0 fully saturated rings. The van der Waals surface area contributed by atoms with Crippen LogP contribution in [0.1, 0.15) is 38.2 Å². The van der Waals surface area contributed by atoms with Gasteiger partial charge in [0.15, 0.2) is 0 Å². The van der Waals surface area contributed by atoms with E-state index in [1.54, 1.807) is 0 Å². The quantitative estimate of drug-likeness (QED) is 0.663. The fourth-order valence-corrected chi connectivity index (χ4v) is 2.76. The monoisotopic (exact) mass is 323 g/mol. The Morgan fingerprint density at radius 2 is 2.10 bits per heavy atom. The van der Waals surface area contributed by atoms with Crippen molar-refractivity contribution in [2.45, 2.75) is 38.3 Å². The summed E-state index contributed by atoms with van der Waals surface area (Å²) in [6.07, 6.45) is 10.5. The van der Waals surface area contributed by atoms with E-state index in [0.717, 1.165) is 35.0 Å². The molecule has 2 aromatic rings. The van der Waals surface area contributed by atoms with E-state index in [-0.39, 0.29) is 17.1 Å². The first-order valence-corrected chi connectivity index (χ1v) is 7.36. The molecular weight excluding hydrogens is 302 g/mol. The van der Waals surface area contributed by atoms with Gasteiger partial charge in [0.05, 0.1) is 11.2 Å². The first-order chi connectivity index (χ1) is 9.72. The summed E-state index contributed by atoms with van der Waals surface area (Å²) >= 11 is 0. The van der Waals surface area contributed by atoms with Crippen LogP contribution >= 0.6 is 0 Å². The third-order valence-corrected chi connectivity index (χ3v) is 3.92. The number of nitrogens with zero attached hydrogens (tertiary/aromatic N) is 1. The van der Waals surface area contributed by atoms with E-state index >= 15 is 0 Å². The topological polar surface area (TPSA) is 50.9 Å². The van der Waals surface area contributed by atoms with E-state index in [9.17, 15) is 0 Å². The summed E-state index contributed by atoms with van der Waals surface area (Å²) in [6.45, 7) is 2.21. The van der Waals surface area contributed by atoms with Crippen LogP contribution in [0.15, 0.2) is 36.5 Å². The Morgan fingerprint density at radius 1 is 1.24 bits per heavy atom. The third-order valence-electron chi connectivity index (χ3n) is 3.92. The summed E-state index contributed by atoms with van der Waals surface area (Å²) in [4.78, 5) is 4.50. The predicted octanol–water partition coefficient (Wildman–Crippen LogP) is 3.91. The van der Waals surface area contributed by atoms with Crippen LogP contribution in [0.3, 0.4) is 0 Å². The van der Waals surface area contributed by atoms with Crippen molar-refractivity contribution >= 4 is 22.7 Å². The molecule has 1 unspecified atom stereocenters. The molecule has 1 atom stereocenters. The van der Waals surface area contributed by atoms with E-state index < -0.39 is 5.66 Å². The molecule has 0 saturated heterocycles. The minimum absolute atomic E-state index is 0. The zero-order valence-electron chi connectivity index (χ0n) is 12.2. The van der Waals surface area contributed by atoms with Crippen LogP contribution in [0.25, 0.3) is 17.0 Å². The van der Waals surface area contributed by atoms with Crippen LogP contribution in [0.4, 0.5) is 5.69 Å². The Balaban J connectivity index is 0.00000161. The maximum absolute atomic E-state index is 6.48. The molecule has 2 heterocycles. The molecule has 0 saturated carbocycles. The Kier molecular flexibility index (Phi) is 5.04. The summed E-state index contributed by atoms with van der Waals surface area (Å²) in [5.74, 6) is 0. The minimum Gasteiger partial charge on any atom is -0.362 e. The number of nitrogens with one attached hydrogen (secondary N) is 1. The summed E-state index contributed by atoms with van der Waals surface area (Å²) in [6, 6.07) is 8.27. The van der Waals surface area contributed by atoms with E-state index in [2.05, 4.69) is 47.6 Å². The van der Waals surface area contributed by atoms with Gasteiger partial charge in [0.1, 0.15) is 5.66 Å². The molecular formula is C17H21FeN3. The van der Waals surface area contributed by atoms with Crippen molar-refractivity contribution < 1.29 is 17.1 Å². The second-order valence-electron chi connectivity index (χ2n) is 5.56. The number of hydrogen-bond donors (Lipinski definition) is 2. The van der Waals surface area contributed by atoms with Crippen LogP contribution in [-0.4, -0.2) is 10.6 Å². The Labute approximate surface area is 136 Å². The molecule has 3 N–H and O–H groups in total. The molecule has 0 aliphatic carbocycles. The number of rotatable bonds is 4. The largest absolute Gasteiger partial charge is 0.362 e.